The zero-order chi connectivity index (χ0) is 15.1. The van der Waals surface area contributed by atoms with E-state index in [2.05, 4.69) is 5.32 Å². The Morgan fingerprint density at radius 2 is 2.05 bits per heavy atom. The van der Waals surface area contributed by atoms with E-state index in [1.54, 1.807) is 6.92 Å². The molecule has 0 aliphatic rings. The van der Waals surface area contributed by atoms with Crippen LogP contribution in [-0.2, 0) is 9.53 Å². The van der Waals surface area contributed by atoms with Gasteiger partial charge >= 0.3 is 5.97 Å². The fraction of sp³-hybridized carbons (Fsp3) is 0.500. The Balaban J connectivity index is 2.67. The molecule has 1 N–H and O–H groups in total. The van der Waals surface area contributed by atoms with Crippen LogP contribution in [0.15, 0.2) is 18.2 Å². The van der Waals surface area contributed by atoms with E-state index in [1.165, 1.54) is 6.07 Å². The third-order valence-electron chi connectivity index (χ3n) is 2.41. The summed E-state index contributed by atoms with van der Waals surface area (Å²) in [6, 6.07) is 2.33. The zero-order valence-corrected chi connectivity index (χ0v) is 11.8. The summed E-state index contributed by atoms with van der Waals surface area (Å²) in [4.78, 5) is 11.7. The lowest BCUT2D eigenvalue weighted by Crippen LogP contribution is -2.45. The summed E-state index contributed by atoms with van der Waals surface area (Å²) >= 11 is 0. The second kappa shape index (κ2) is 7.79. The largest absolute Gasteiger partial charge is 0.488 e. The van der Waals surface area contributed by atoms with Crippen molar-refractivity contribution >= 4 is 5.97 Å². The van der Waals surface area contributed by atoms with Crippen molar-refractivity contribution in [2.75, 3.05) is 13.2 Å². The van der Waals surface area contributed by atoms with Crippen molar-refractivity contribution in [3.8, 4) is 5.75 Å². The van der Waals surface area contributed by atoms with Gasteiger partial charge in [0.1, 0.15) is 18.5 Å². The molecule has 1 rings (SSSR count). The molecule has 0 aliphatic carbocycles. The van der Waals surface area contributed by atoms with Crippen molar-refractivity contribution in [3.63, 3.8) is 0 Å². The van der Waals surface area contributed by atoms with Crippen molar-refractivity contribution in [2.45, 2.75) is 32.9 Å². The first-order valence-electron chi connectivity index (χ1n) is 6.44. The standard InChI is InChI=1S/C14H19F2NO3/c1-4-19-14(18)12(17-9(2)3)8-20-13-6-5-10(15)7-11(13)16/h5-7,9,12,17H,4,8H2,1-3H3. The summed E-state index contributed by atoms with van der Waals surface area (Å²) in [6.45, 7) is 5.58. The number of ether oxygens (including phenoxy) is 2. The highest BCUT2D eigenvalue weighted by Gasteiger charge is 2.21. The zero-order valence-electron chi connectivity index (χ0n) is 11.8. The van der Waals surface area contributed by atoms with E-state index in [9.17, 15) is 13.6 Å². The molecule has 0 saturated heterocycles. The van der Waals surface area contributed by atoms with Gasteiger partial charge in [-0.05, 0) is 19.1 Å². The maximum absolute atomic E-state index is 13.4. The molecule has 0 spiro atoms. The molecule has 1 unspecified atom stereocenters. The number of halogens is 2. The molecule has 0 aliphatic heterocycles. The van der Waals surface area contributed by atoms with Gasteiger partial charge in [-0.1, -0.05) is 13.8 Å². The van der Waals surface area contributed by atoms with Gasteiger partial charge in [0.05, 0.1) is 6.61 Å². The summed E-state index contributed by atoms with van der Waals surface area (Å²) in [6.07, 6.45) is 0. The number of nitrogens with one attached hydrogen (secondary N) is 1. The number of hydrogen-bond donors (Lipinski definition) is 1. The molecule has 0 heterocycles. The molecule has 112 valence electrons. The van der Waals surface area contributed by atoms with Crippen LogP contribution in [0.5, 0.6) is 5.75 Å². The van der Waals surface area contributed by atoms with Gasteiger partial charge in [-0.2, -0.15) is 0 Å². The van der Waals surface area contributed by atoms with E-state index in [0.717, 1.165) is 12.1 Å². The van der Waals surface area contributed by atoms with Gasteiger partial charge in [-0.3, -0.25) is 10.1 Å². The average molecular weight is 287 g/mol. The highest BCUT2D eigenvalue weighted by molar-refractivity contribution is 5.76. The van der Waals surface area contributed by atoms with Gasteiger partial charge < -0.3 is 9.47 Å². The fourth-order valence-corrected chi connectivity index (χ4v) is 1.59. The lowest BCUT2D eigenvalue weighted by molar-refractivity contribution is -0.146. The second-order valence-corrected chi connectivity index (χ2v) is 4.51. The number of esters is 1. The van der Waals surface area contributed by atoms with E-state index in [-0.39, 0.29) is 25.0 Å². The summed E-state index contributed by atoms with van der Waals surface area (Å²) < 4.78 is 36.3. The number of benzene rings is 1. The molecule has 1 atom stereocenters. The molecule has 0 fully saturated rings. The quantitative estimate of drug-likeness (QED) is 0.782. The summed E-state index contributed by atoms with van der Waals surface area (Å²) in [5, 5.41) is 2.97. The lowest BCUT2D eigenvalue weighted by atomic mass is 10.2. The van der Waals surface area contributed by atoms with Crippen LogP contribution < -0.4 is 10.1 Å². The molecular formula is C14H19F2NO3. The third kappa shape index (κ3) is 5.13. The normalized spacial score (nSPS) is 12.3. The average Bonchev–Trinajstić information content (AvgIpc) is 2.36. The molecule has 0 amide bonds. The molecule has 0 saturated carbocycles. The second-order valence-electron chi connectivity index (χ2n) is 4.51. The highest BCUT2D eigenvalue weighted by Crippen LogP contribution is 2.17. The Bertz CT molecular complexity index is 452. The van der Waals surface area contributed by atoms with Crippen LogP contribution in [0.3, 0.4) is 0 Å². The van der Waals surface area contributed by atoms with Gasteiger partial charge in [0.25, 0.3) is 0 Å². The van der Waals surface area contributed by atoms with Gasteiger partial charge in [0.15, 0.2) is 11.6 Å². The maximum atomic E-state index is 13.4. The van der Waals surface area contributed by atoms with Crippen LogP contribution >= 0.6 is 0 Å². The minimum Gasteiger partial charge on any atom is -0.488 e. The molecule has 0 aromatic heterocycles. The van der Waals surface area contributed by atoms with Crippen molar-refractivity contribution in [1.29, 1.82) is 0 Å². The van der Waals surface area contributed by atoms with Crippen LogP contribution in [0.25, 0.3) is 0 Å². The molecule has 20 heavy (non-hydrogen) atoms. The number of carbonyl (C=O) groups excluding carboxylic acids is 1. The predicted molar refractivity (Wildman–Crippen MR) is 70.5 cm³/mol. The van der Waals surface area contributed by atoms with Crippen LogP contribution in [-0.4, -0.2) is 31.3 Å². The SMILES string of the molecule is CCOC(=O)C(COc1ccc(F)cc1F)NC(C)C. The molecule has 6 heteroatoms. The van der Waals surface area contributed by atoms with Crippen LogP contribution in [0.2, 0.25) is 0 Å². The Kier molecular flexibility index (Phi) is 6.38. The highest BCUT2D eigenvalue weighted by atomic mass is 19.1. The van der Waals surface area contributed by atoms with Crippen molar-refractivity contribution in [3.05, 3.63) is 29.8 Å². The summed E-state index contributed by atoms with van der Waals surface area (Å²) in [5.74, 6) is -2.07. The van der Waals surface area contributed by atoms with Gasteiger partial charge in [0, 0.05) is 12.1 Å². The van der Waals surface area contributed by atoms with Crippen LogP contribution in [0, 0.1) is 11.6 Å². The monoisotopic (exact) mass is 287 g/mol. The minimum atomic E-state index is -0.808. The van der Waals surface area contributed by atoms with E-state index >= 15 is 0 Å². The molecule has 1 aromatic carbocycles. The van der Waals surface area contributed by atoms with Gasteiger partial charge in [-0.25, -0.2) is 8.78 Å². The Morgan fingerprint density at radius 3 is 2.60 bits per heavy atom. The lowest BCUT2D eigenvalue weighted by Gasteiger charge is -2.20. The Morgan fingerprint density at radius 1 is 1.35 bits per heavy atom. The molecule has 0 bridgehead atoms. The number of carbonyl (C=O) groups is 1. The van der Waals surface area contributed by atoms with Crippen LogP contribution in [0.4, 0.5) is 8.78 Å². The van der Waals surface area contributed by atoms with E-state index in [4.69, 9.17) is 9.47 Å². The van der Waals surface area contributed by atoms with Crippen molar-refractivity contribution in [1.82, 2.24) is 5.32 Å². The summed E-state index contributed by atoms with van der Waals surface area (Å²) in [7, 11) is 0. The molecule has 4 nitrogen and oxygen atoms in total. The van der Waals surface area contributed by atoms with Gasteiger partial charge in [-0.15, -0.1) is 0 Å². The van der Waals surface area contributed by atoms with E-state index in [1.807, 2.05) is 13.8 Å². The van der Waals surface area contributed by atoms with Crippen molar-refractivity contribution in [2.24, 2.45) is 0 Å². The Labute approximate surface area is 117 Å². The van der Waals surface area contributed by atoms with Crippen molar-refractivity contribution < 1.29 is 23.0 Å². The minimum absolute atomic E-state index is 0.0334. The maximum Gasteiger partial charge on any atom is 0.326 e. The van der Waals surface area contributed by atoms with Gasteiger partial charge in [0.2, 0.25) is 0 Å². The topological polar surface area (TPSA) is 47.6 Å². The predicted octanol–water partition coefficient (Wildman–Crippen LogP) is 2.27. The first kappa shape index (κ1) is 16.4. The molecule has 1 aromatic rings. The number of rotatable bonds is 7. The third-order valence-corrected chi connectivity index (χ3v) is 2.41. The first-order valence-corrected chi connectivity index (χ1v) is 6.44. The first-order chi connectivity index (χ1) is 9.43. The fourth-order valence-electron chi connectivity index (χ4n) is 1.59. The van der Waals surface area contributed by atoms with E-state index in [0.29, 0.717) is 0 Å². The molecule has 0 radical (unpaired) electrons. The summed E-state index contributed by atoms with van der Waals surface area (Å²) in [5.41, 5.74) is 0. The molecular weight excluding hydrogens is 268 g/mol. The smallest absolute Gasteiger partial charge is 0.326 e. The Hall–Kier alpha value is -1.69. The number of hydrogen-bond acceptors (Lipinski definition) is 4. The van der Waals surface area contributed by atoms with E-state index < -0.39 is 23.6 Å². The van der Waals surface area contributed by atoms with Crippen LogP contribution in [0.1, 0.15) is 20.8 Å².